The highest BCUT2D eigenvalue weighted by molar-refractivity contribution is 5.66. The Morgan fingerprint density at radius 2 is 1.88 bits per heavy atom. The van der Waals surface area contributed by atoms with E-state index in [0.717, 1.165) is 43.2 Å². The molecule has 2 fully saturated rings. The molecule has 34 heavy (non-hydrogen) atoms. The second-order valence-corrected chi connectivity index (χ2v) is 8.95. The molecule has 0 amide bonds. The van der Waals surface area contributed by atoms with Crippen molar-refractivity contribution in [2.75, 3.05) is 56.3 Å². The van der Waals surface area contributed by atoms with Gasteiger partial charge in [0.15, 0.2) is 0 Å². The zero-order valence-corrected chi connectivity index (χ0v) is 19.2. The summed E-state index contributed by atoms with van der Waals surface area (Å²) in [4.78, 5) is 11.3. The molecule has 174 valence electrons. The van der Waals surface area contributed by atoms with Crippen LogP contribution in [0.15, 0.2) is 54.7 Å². The lowest BCUT2D eigenvalue weighted by atomic mass is 9.90. The van der Waals surface area contributed by atoms with Gasteiger partial charge >= 0.3 is 0 Å². The molecule has 8 heteroatoms. The quantitative estimate of drug-likeness (QED) is 0.569. The zero-order valence-electron chi connectivity index (χ0n) is 19.2. The van der Waals surface area contributed by atoms with Crippen molar-refractivity contribution in [3.05, 3.63) is 60.3 Å². The van der Waals surface area contributed by atoms with Crippen molar-refractivity contribution in [1.82, 2.24) is 9.97 Å². The van der Waals surface area contributed by atoms with Crippen molar-refractivity contribution < 1.29 is 14.2 Å². The van der Waals surface area contributed by atoms with E-state index in [0.29, 0.717) is 37.1 Å². The molecule has 0 atom stereocenters. The van der Waals surface area contributed by atoms with Gasteiger partial charge in [-0.15, -0.1) is 0 Å². The predicted octanol–water partition coefficient (Wildman–Crippen LogP) is 4.01. The van der Waals surface area contributed by atoms with E-state index in [1.165, 1.54) is 5.69 Å². The van der Waals surface area contributed by atoms with Gasteiger partial charge in [0, 0.05) is 41.6 Å². The Kier molecular flexibility index (Phi) is 6.30. The van der Waals surface area contributed by atoms with Crippen molar-refractivity contribution in [2.24, 2.45) is 5.41 Å². The van der Waals surface area contributed by atoms with Gasteiger partial charge in [-0.1, -0.05) is 6.92 Å². The Bertz CT molecular complexity index is 1180. The SMILES string of the molecule is CC1(COc2ccc(-c3ccnc(Nc4ccc(N5CCOCC5)cc4)n3)cc2C#N)COC1. The summed E-state index contributed by atoms with van der Waals surface area (Å²) in [5.74, 6) is 1.07. The Balaban J connectivity index is 1.28. The van der Waals surface area contributed by atoms with E-state index in [4.69, 9.17) is 14.2 Å². The van der Waals surface area contributed by atoms with Gasteiger partial charge in [-0.2, -0.15) is 5.26 Å². The summed E-state index contributed by atoms with van der Waals surface area (Å²) in [6, 6.07) is 17.8. The highest BCUT2D eigenvalue weighted by Gasteiger charge is 2.34. The van der Waals surface area contributed by atoms with E-state index < -0.39 is 0 Å². The molecule has 0 bridgehead atoms. The maximum atomic E-state index is 9.65. The highest BCUT2D eigenvalue weighted by atomic mass is 16.5. The van der Waals surface area contributed by atoms with Crippen molar-refractivity contribution in [3.8, 4) is 23.1 Å². The number of aromatic nitrogens is 2. The number of morpholine rings is 1. The molecule has 0 unspecified atom stereocenters. The lowest BCUT2D eigenvalue weighted by Gasteiger charge is -2.37. The predicted molar refractivity (Wildman–Crippen MR) is 129 cm³/mol. The fourth-order valence-electron chi connectivity index (χ4n) is 3.97. The van der Waals surface area contributed by atoms with Crippen LogP contribution in [-0.2, 0) is 9.47 Å². The average molecular weight is 458 g/mol. The molecule has 2 aromatic carbocycles. The van der Waals surface area contributed by atoms with Crippen LogP contribution < -0.4 is 15.0 Å². The van der Waals surface area contributed by atoms with Crippen LogP contribution >= 0.6 is 0 Å². The van der Waals surface area contributed by atoms with Crippen LogP contribution in [0.1, 0.15) is 12.5 Å². The standard InChI is InChI=1S/C26H27N5O3/c1-26(16-33-17-26)18-34-24-7-2-19(14-20(24)15-27)23-8-9-28-25(30-23)29-21-3-5-22(6-4-21)31-10-12-32-13-11-31/h2-9,14H,10-13,16-18H2,1H3,(H,28,29,30). The number of rotatable bonds is 7. The molecular formula is C26H27N5O3. The van der Waals surface area contributed by atoms with Gasteiger partial charge < -0.3 is 24.4 Å². The molecule has 3 heterocycles. The summed E-state index contributed by atoms with van der Waals surface area (Å²) in [6.45, 7) is 7.32. The first kappa shape index (κ1) is 22.1. The molecule has 8 nitrogen and oxygen atoms in total. The molecule has 2 aliphatic heterocycles. The summed E-state index contributed by atoms with van der Waals surface area (Å²) in [7, 11) is 0. The Morgan fingerprint density at radius 1 is 1.09 bits per heavy atom. The molecule has 0 saturated carbocycles. The number of hydrogen-bond acceptors (Lipinski definition) is 8. The van der Waals surface area contributed by atoms with Crippen LogP contribution in [0.4, 0.5) is 17.3 Å². The van der Waals surface area contributed by atoms with Gasteiger partial charge in [-0.05, 0) is 48.5 Å². The van der Waals surface area contributed by atoms with Gasteiger partial charge in [0.25, 0.3) is 0 Å². The minimum atomic E-state index is 0.0129. The molecule has 1 aromatic heterocycles. The lowest BCUT2D eigenvalue weighted by Crippen LogP contribution is -2.44. The highest BCUT2D eigenvalue weighted by Crippen LogP contribution is 2.31. The van der Waals surface area contributed by atoms with Gasteiger partial charge in [-0.3, -0.25) is 0 Å². The minimum absolute atomic E-state index is 0.0129. The van der Waals surface area contributed by atoms with Crippen LogP contribution in [0, 0.1) is 16.7 Å². The second-order valence-electron chi connectivity index (χ2n) is 8.95. The number of anilines is 3. The molecule has 5 rings (SSSR count). The summed E-state index contributed by atoms with van der Waals surface area (Å²) in [6.07, 6.45) is 1.71. The monoisotopic (exact) mass is 457 g/mol. The first-order valence-electron chi connectivity index (χ1n) is 11.4. The fraction of sp³-hybridized carbons (Fsp3) is 0.346. The number of nitriles is 1. The second kappa shape index (κ2) is 9.67. The van der Waals surface area contributed by atoms with E-state index >= 15 is 0 Å². The number of nitrogens with one attached hydrogen (secondary N) is 1. The number of nitrogens with zero attached hydrogens (tertiary/aromatic N) is 4. The number of hydrogen-bond donors (Lipinski definition) is 1. The summed E-state index contributed by atoms with van der Waals surface area (Å²) < 4.78 is 16.6. The first-order chi connectivity index (χ1) is 16.6. The van der Waals surface area contributed by atoms with Crippen molar-refractivity contribution in [3.63, 3.8) is 0 Å². The fourth-order valence-corrected chi connectivity index (χ4v) is 3.97. The van der Waals surface area contributed by atoms with Crippen LogP contribution in [0.25, 0.3) is 11.3 Å². The molecular weight excluding hydrogens is 430 g/mol. The molecule has 2 saturated heterocycles. The van der Waals surface area contributed by atoms with Crippen molar-refractivity contribution >= 4 is 17.3 Å². The third kappa shape index (κ3) is 4.96. The van der Waals surface area contributed by atoms with E-state index in [9.17, 15) is 5.26 Å². The van der Waals surface area contributed by atoms with Crippen LogP contribution in [0.3, 0.4) is 0 Å². The van der Waals surface area contributed by atoms with Crippen LogP contribution in [0.5, 0.6) is 5.75 Å². The maximum Gasteiger partial charge on any atom is 0.227 e. The van der Waals surface area contributed by atoms with Gasteiger partial charge in [0.2, 0.25) is 5.95 Å². The van der Waals surface area contributed by atoms with E-state index in [1.54, 1.807) is 12.3 Å². The largest absolute Gasteiger partial charge is 0.491 e. The first-order valence-corrected chi connectivity index (χ1v) is 11.4. The third-order valence-electron chi connectivity index (χ3n) is 6.03. The number of ether oxygens (including phenoxy) is 3. The molecule has 0 radical (unpaired) electrons. The maximum absolute atomic E-state index is 9.65. The molecule has 0 aliphatic carbocycles. The summed E-state index contributed by atoms with van der Waals surface area (Å²) >= 11 is 0. The van der Waals surface area contributed by atoms with Gasteiger partial charge in [0.1, 0.15) is 11.8 Å². The van der Waals surface area contributed by atoms with Crippen LogP contribution in [-0.4, -0.2) is 56.1 Å². The average Bonchev–Trinajstić information content (AvgIpc) is 2.87. The molecule has 0 spiro atoms. The topological polar surface area (TPSA) is 92.5 Å². The Labute approximate surface area is 199 Å². The van der Waals surface area contributed by atoms with E-state index in [-0.39, 0.29) is 5.41 Å². The Hall–Kier alpha value is -3.67. The Morgan fingerprint density at radius 3 is 2.59 bits per heavy atom. The lowest BCUT2D eigenvalue weighted by molar-refractivity contribution is -0.120. The normalized spacial score (nSPS) is 16.9. The summed E-state index contributed by atoms with van der Waals surface area (Å²) in [5, 5.41) is 12.9. The van der Waals surface area contributed by atoms with Crippen LogP contribution in [0.2, 0.25) is 0 Å². The van der Waals surface area contributed by atoms with Crippen molar-refractivity contribution in [1.29, 1.82) is 5.26 Å². The van der Waals surface area contributed by atoms with E-state index in [1.807, 2.05) is 30.3 Å². The smallest absolute Gasteiger partial charge is 0.227 e. The summed E-state index contributed by atoms with van der Waals surface area (Å²) in [5.41, 5.74) is 4.13. The van der Waals surface area contributed by atoms with Gasteiger partial charge in [0.05, 0.1) is 44.3 Å². The molecule has 2 aliphatic rings. The molecule has 1 N–H and O–H groups in total. The van der Waals surface area contributed by atoms with Crippen molar-refractivity contribution in [2.45, 2.75) is 6.92 Å². The molecule has 3 aromatic rings. The van der Waals surface area contributed by atoms with Gasteiger partial charge in [-0.25, -0.2) is 9.97 Å². The van der Waals surface area contributed by atoms with E-state index in [2.05, 4.69) is 45.3 Å². The third-order valence-corrected chi connectivity index (χ3v) is 6.03. The minimum Gasteiger partial charge on any atom is -0.491 e. The zero-order chi connectivity index (χ0) is 23.4. The number of benzene rings is 2.